The van der Waals surface area contributed by atoms with E-state index < -0.39 is 27.0 Å². The average Bonchev–Trinajstić information content (AvgIpc) is 2.27. The van der Waals surface area contributed by atoms with Gasteiger partial charge in [-0.15, -0.1) is 0 Å². The van der Waals surface area contributed by atoms with Crippen molar-refractivity contribution in [2.45, 2.75) is 42.9 Å². The van der Waals surface area contributed by atoms with Gasteiger partial charge in [-0.3, -0.25) is 0 Å². The molecule has 0 aromatic heterocycles. The van der Waals surface area contributed by atoms with Crippen LogP contribution in [-0.4, -0.2) is 24.9 Å². The molecule has 1 aliphatic rings. The van der Waals surface area contributed by atoms with Gasteiger partial charge >= 0.3 is 0 Å². The van der Waals surface area contributed by atoms with E-state index in [0.717, 1.165) is 18.6 Å². The molecule has 0 bridgehead atoms. The van der Waals surface area contributed by atoms with Gasteiger partial charge in [-0.25, -0.2) is 12.8 Å². The van der Waals surface area contributed by atoms with Gasteiger partial charge in [0.2, 0.25) is 0 Å². The highest BCUT2D eigenvalue weighted by Gasteiger charge is 2.42. The maximum atomic E-state index is 12.9. The van der Waals surface area contributed by atoms with Gasteiger partial charge in [-0.2, -0.15) is 0 Å². The van der Waals surface area contributed by atoms with Crippen LogP contribution in [0.5, 0.6) is 0 Å². The van der Waals surface area contributed by atoms with Gasteiger partial charge in [0.05, 0.1) is 16.2 Å². The first-order chi connectivity index (χ1) is 8.82. The molecule has 1 aromatic rings. The number of benzene rings is 1. The molecule has 4 unspecified atom stereocenters. The molecule has 1 N–H and O–H groups in total. The standard InChI is InChI=1S/C14H19FO3S/c1-9-7-10(2)14(13(16)8-9)19(17,18)12-5-3-11(15)4-6-12/h3-6,9-10,13-14,16H,7-8H2,1-2H3. The zero-order chi connectivity index (χ0) is 14.2. The van der Waals surface area contributed by atoms with Crippen molar-refractivity contribution in [3.63, 3.8) is 0 Å². The van der Waals surface area contributed by atoms with Crippen LogP contribution < -0.4 is 0 Å². The molecule has 19 heavy (non-hydrogen) atoms. The molecule has 5 heteroatoms. The molecular formula is C14H19FO3S. The van der Waals surface area contributed by atoms with E-state index in [2.05, 4.69) is 0 Å². The Kier molecular flexibility index (Phi) is 3.97. The summed E-state index contributed by atoms with van der Waals surface area (Å²) in [5.74, 6) is -0.247. The van der Waals surface area contributed by atoms with Crippen LogP contribution >= 0.6 is 0 Å². The van der Waals surface area contributed by atoms with Crippen LogP contribution in [-0.2, 0) is 9.84 Å². The normalized spacial score (nSPS) is 32.2. The van der Waals surface area contributed by atoms with E-state index >= 15 is 0 Å². The molecule has 1 fully saturated rings. The summed E-state index contributed by atoms with van der Waals surface area (Å²) in [6.45, 7) is 3.87. The van der Waals surface area contributed by atoms with Crippen LogP contribution in [0.1, 0.15) is 26.7 Å². The minimum absolute atomic E-state index is 0.0827. The molecule has 0 spiro atoms. The van der Waals surface area contributed by atoms with E-state index in [1.807, 2.05) is 13.8 Å². The highest BCUT2D eigenvalue weighted by atomic mass is 32.2. The van der Waals surface area contributed by atoms with E-state index in [1.54, 1.807) is 0 Å². The third-order valence-corrected chi connectivity index (χ3v) is 6.28. The van der Waals surface area contributed by atoms with Gasteiger partial charge < -0.3 is 5.11 Å². The van der Waals surface area contributed by atoms with Gasteiger partial charge in [0, 0.05) is 0 Å². The molecule has 0 aliphatic heterocycles. The predicted octanol–water partition coefficient (Wildman–Crippen LogP) is 2.39. The Labute approximate surface area is 113 Å². The number of aliphatic hydroxyl groups is 1. The second-order valence-corrected chi connectivity index (χ2v) is 7.69. The molecule has 3 nitrogen and oxygen atoms in total. The highest BCUT2D eigenvalue weighted by molar-refractivity contribution is 7.92. The summed E-state index contributed by atoms with van der Waals surface area (Å²) in [5, 5.41) is 9.31. The van der Waals surface area contributed by atoms with E-state index in [-0.39, 0.29) is 10.8 Å². The van der Waals surface area contributed by atoms with Gasteiger partial charge in [0.1, 0.15) is 5.82 Å². The fourth-order valence-electron chi connectivity index (χ4n) is 3.08. The maximum absolute atomic E-state index is 12.9. The smallest absolute Gasteiger partial charge is 0.184 e. The van der Waals surface area contributed by atoms with Crippen molar-refractivity contribution in [2.24, 2.45) is 11.8 Å². The highest BCUT2D eigenvalue weighted by Crippen LogP contribution is 2.35. The Bertz CT molecular complexity index is 526. The molecule has 1 saturated carbocycles. The number of sulfone groups is 1. The van der Waals surface area contributed by atoms with E-state index in [0.29, 0.717) is 12.3 Å². The maximum Gasteiger partial charge on any atom is 0.184 e. The van der Waals surface area contributed by atoms with Crippen molar-refractivity contribution in [2.75, 3.05) is 0 Å². The first-order valence-electron chi connectivity index (χ1n) is 6.50. The lowest BCUT2D eigenvalue weighted by molar-refractivity contribution is 0.0843. The van der Waals surface area contributed by atoms with Crippen molar-refractivity contribution in [1.82, 2.24) is 0 Å². The van der Waals surface area contributed by atoms with Crippen LogP contribution in [0.2, 0.25) is 0 Å². The second-order valence-electron chi connectivity index (χ2n) is 5.58. The quantitative estimate of drug-likeness (QED) is 0.849. The zero-order valence-corrected chi connectivity index (χ0v) is 11.9. The van der Waals surface area contributed by atoms with Crippen molar-refractivity contribution in [3.8, 4) is 0 Å². The van der Waals surface area contributed by atoms with Crippen molar-refractivity contribution in [3.05, 3.63) is 30.1 Å². The monoisotopic (exact) mass is 286 g/mol. The molecule has 4 atom stereocenters. The fraction of sp³-hybridized carbons (Fsp3) is 0.571. The molecule has 1 aliphatic carbocycles. The Morgan fingerprint density at radius 3 is 2.26 bits per heavy atom. The fourth-order valence-corrected chi connectivity index (χ4v) is 5.16. The molecule has 1 aromatic carbocycles. The number of hydrogen-bond donors (Lipinski definition) is 1. The second kappa shape index (κ2) is 5.21. The molecule has 0 radical (unpaired) electrons. The van der Waals surface area contributed by atoms with Gasteiger partial charge in [-0.05, 0) is 48.9 Å². The average molecular weight is 286 g/mol. The van der Waals surface area contributed by atoms with Crippen LogP contribution in [0.4, 0.5) is 4.39 Å². The lowest BCUT2D eigenvalue weighted by Crippen LogP contribution is -2.44. The van der Waals surface area contributed by atoms with E-state index in [1.165, 1.54) is 12.1 Å². The summed E-state index contributed by atoms with van der Waals surface area (Å²) in [6.07, 6.45) is 0.422. The number of halogens is 1. The van der Waals surface area contributed by atoms with Crippen LogP contribution in [0.3, 0.4) is 0 Å². The largest absolute Gasteiger partial charge is 0.392 e. The van der Waals surface area contributed by atoms with Crippen molar-refractivity contribution >= 4 is 9.84 Å². The van der Waals surface area contributed by atoms with E-state index in [4.69, 9.17) is 0 Å². The summed E-state index contributed by atoms with van der Waals surface area (Å²) in [7, 11) is -3.62. The van der Waals surface area contributed by atoms with E-state index in [9.17, 15) is 17.9 Å². The SMILES string of the molecule is CC1CC(C)C(S(=O)(=O)c2ccc(F)cc2)C(O)C1. The number of aliphatic hydroxyl groups excluding tert-OH is 1. The topological polar surface area (TPSA) is 54.4 Å². The van der Waals surface area contributed by atoms with Gasteiger partial charge in [0.15, 0.2) is 9.84 Å². The minimum Gasteiger partial charge on any atom is -0.392 e. The predicted molar refractivity (Wildman–Crippen MR) is 70.9 cm³/mol. The van der Waals surface area contributed by atoms with Crippen LogP contribution in [0.15, 0.2) is 29.2 Å². The number of rotatable bonds is 2. The van der Waals surface area contributed by atoms with Crippen molar-refractivity contribution < 1.29 is 17.9 Å². The van der Waals surface area contributed by atoms with Crippen LogP contribution in [0, 0.1) is 17.7 Å². The molecule has 0 saturated heterocycles. The summed E-state index contributed by atoms with van der Waals surface area (Å²) < 4.78 is 38.0. The lowest BCUT2D eigenvalue weighted by atomic mass is 9.81. The lowest BCUT2D eigenvalue weighted by Gasteiger charge is -2.36. The zero-order valence-electron chi connectivity index (χ0n) is 11.1. The molecule has 106 valence electrons. The first kappa shape index (κ1) is 14.5. The molecule has 0 amide bonds. The molecule has 2 rings (SSSR count). The Morgan fingerprint density at radius 1 is 1.16 bits per heavy atom. The minimum atomic E-state index is -3.62. The first-order valence-corrected chi connectivity index (χ1v) is 8.04. The van der Waals surface area contributed by atoms with Gasteiger partial charge in [0.25, 0.3) is 0 Å². The molecule has 0 heterocycles. The van der Waals surface area contributed by atoms with Crippen LogP contribution in [0.25, 0.3) is 0 Å². The summed E-state index contributed by atoms with van der Waals surface area (Å²) >= 11 is 0. The third-order valence-electron chi connectivity index (χ3n) is 3.86. The van der Waals surface area contributed by atoms with Crippen molar-refractivity contribution in [1.29, 1.82) is 0 Å². The number of hydrogen-bond acceptors (Lipinski definition) is 3. The summed E-state index contributed by atoms with van der Waals surface area (Å²) in [4.78, 5) is 0.0827. The molecular weight excluding hydrogens is 267 g/mol. The summed E-state index contributed by atoms with van der Waals surface area (Å²) in [6, 6.07) is 4.80. The Hall–Kier alpha value is -0.940. The Morgan fingerprint density at radius 2 is 1.74 bits per heavy atom. The summed E-state index contributed by atoms with van der Waals surface area (Å²) in [5.41, 5.74) is 0. The Balaban J connectivity index is 2.36. The van der Waals surface area contributed by atoms with Gasteiger partial charge in [-0.1, -0.05) is 13.8 Å². The third kappa shape index (κ3) is 2.82.